The van der Waals surface area contributed by atoms with Crippen molar-refractivity contribution >= 4 is 29.6 Å². The van der Waals surface area contributed by atoms with Gasteiger partial charge in [-0.3, -0.25) is 19.2 Å². The number of hydrogen-bond donors (Lipinski definition) is 7. The van der Waals surface area contributed by atoms with E-state index in [2.05, 4.69) is 16.0 Å². The van der Waals surface area contributed by atoms with Crippen molar-refractivity contribution in [2.24, 2.45) is 23.3 Å². The maximum atomic E-state index is 12.9. The zero-order valence-electron chi connectivity index (χ0n) is 19.3. The van der Waals surface area contributed by atoms with Gasteiger partial charge >= 0.3 is 5.97 Å². The van der Waals surface area contributed by atoms with Gasteiger partial charge in [-0.05, 0) is 31.6 Å². The highest BCUT2D eigenvalue weighted by atomic mass is 16.4. The lowest BCUT2D eigenvalue weighted by Crippen LogP contribution is -2.58. The number of aliphatic hydroxyl groups is 1. The number of hydrogen-bond acceptors (Lipinski definition) is 7. The number of carbonyl (C=O) groups is 5. The Bertz CT molecular complexity index is 681. The van der Waals surface area contributed by atoms with Crippen molar-refractivity contribution in [1.82, 2.24) is 16.0 Å². The molecule has 0 heterocycles. The molecule has 0 aromatic rings. The fourth-order valence-electron chi connectivity index (χ4n) is 2.84. The number of aliphatic carboxylic acids is 1. The number of nitrogens with one attached hydrogen (secondary N) is 3. The Hall–Kier alpha value is -2.73. The van der Waals surface area contributed by atoms with E-state index >= 15 is 0 Å². The molecule has 5 atom stereocenters. The summed E-state index contributed by atoms with van der Waals surface area (Å²) in [6.07, 6.45) is -1.32. The molecule has 5 unspecified atom stereocenters. The van der Waals surface area contributed by atoms with Gasteiger partial charge in [0.25, 0.3) is 0 Å². The summed E-state index contributed by atoms with van der Waals surface area (Å²) in [6, 6.07) is -4.93. The SMILES string of the molecule is CC(C)CC(NC(=O)C(CC(C)C)NC(=O)C(N)C(C)O)C(=O)NC(CC(N)=O)C(=O)O. The number of rotatable bonds is 14. The summed E-state index contributed by atoms with van der Waals surface area (Å²) in [7, 11) is 0. The van der Waals surface area contributed by atoms with Crippen LogP contribution in [0.4, 0.5) is 0 Å². The minimum absolute atomic E-state index is 0.00171. The molecule has 12 heteroatoms. The highest BCUT2D eigenvalue weighted by Crippen LogP contribution is 2.10. The van der Waals surface area contributed by atoms with Crippen molar-refractivity contribution in [3.05, 3.63) is 0 Å². The average molecular weight is 460 g/mol. The Labute approximate surface area is 187 Å². The monoisotopic (exact) mass is 459 g/mol. The molecule has 0 radical (unpaired) electrons. The second-order valence-corrected chi connectivity index (χ2v) is 8.72. The average Bonchev–Trinajstić information content (AvgIpc) is 2.64. The first kappa shape index (κ1) is 29.3. The predicted molar refractivity (Wildman–Crippen MR) is 116 cm³/mol. The molecule has 9 N–H and O–H groups in total. The van der Waals surface area contributed by atoms with Crippen LogP contribution in [0, 0.1) is 11.8 Å². The van der Waals surface area contributed by atoms with Crippen LogP contribution >= 0.6 is 0 Å². The molecule has 0 saturated carbocycles. The number of nitrogens with two attached hydrogens (primary N) is 2. The lowest BCUT2D eigenvalue weighted by Gasteiger charge is -2.27. The summed E-state index contributed by atoms with van der Waals surface area (Å²) in [5.41, 5.74) is 10.7. The van der Waals surface area contributed by atoms with E-state index in [9.17, 15) is 34.2 Å². The van der Waals surface area contributed by atoms with E-state index < -0.39 is 66.3 Å². The summed E-state index contributed by atoms with van der Waals surface area (Å²) >= 11 is 0. The second kappa shape index (κ2) is 13.6. The fraction of sp³-hybridized carbons (Fsp3) is 0.750. The topological polar surface area (TPSA) is 214 Å². The van der Waals surface area contributed by atoms with Crippen LogP contribution in [-0.2, 0) is 24.0 Å². The first-order chi connectivity index (χ1) is 14.6. The van der Waals surface area contributed by atoms with E-state index in [-0.39, 0.29) is 24.7 Å². The minimum atomic E-state index is -1.54. The van der Waals surface area contributed by atoms with Crippen LogP contribution < -0.4 is 27.4 Å². The molecule has 32 heavy (non-hydrogen) atoms. The number of carboxylic acid groups (broad SMARTS) is 1. The van der Waals surface area contributed by atoms with Crippen LogP contribution in [0.15, 0.2) is 0 Å². The molecule has 4 amide bonds. The van der Waals surface area contributed by atoms with Gasteiger partial charge < -0.3 is 37.6 Å². The van der Waals surface area contributed by atoms with E-state index in [0.29, 0.717) is 0 Å². The molecular weight excluding hydrogens is 422 g/mol. The molecule has 0 aromatic carbocycles. The highest BCUT2D eigenvalue weighted by Gasteiger charge is 2.32. The molecule has 184 valence electrons. The first-order valence-corrected chi connectivity index (χ1v) is 10.5. The molecule has 0 aliphatic rings. The van der Waals surface area contributed by atoms with Crippen LogP contribution in [0.5, 0.6) is 0 Å². The van der Waals surface area contributed by atoms with Gasteiger partial charge in [-0.15, -0.1) is 0 Å². The number of carboxylic acids is 1. The van der Waals surface area contributed by atoms with Crippen molar-refractivity contribution in [2.75, 3.05) is 0 Å². The Morgan fingerprint density at radius 2 is 1.12 bits per heavy atom. The van der Waals surface area contributed by atoms with Gasteiger partial charge in [-0.25, -0.2) is 4.79 Å². The third-order valence-electron chi connectivity index (χ3n) is 4.52. The van der Waals surface area contributed by atoms with Gasteiger partial charge in [0.05, 0.1) is 12.5 Å². The Kier molecular flexibility index (Phi) is 12.5. The van der Waals surface area contributed by atoms with E-state index in [0.717, 1.165) is 0 Å². The lowest BCUT2D eigenvalue weighted by molar-refractivity contribution is -0.144. The largest absolute Gasteiger partial charge is 0.480 e. The molecule has 0 bridgehead atoms. The molecule has 0 fully saturated rings. The number of carbonyl (C=O) groups excluding carboxylic acids is 4. The van der Waals surface area contributed by atoms with Gasteiger partial charge in [-0.1, -0.05) is 27.7 Å². The smallest absolute Gasteiger partial charge is 0.326 e. The standard InChI is InChI=1S/C20H37N5O7/c1-9(2)6-12(18(29)25-14(20(31)32)8-15(21)27)23-17(28)13(7-10(3)4)24-19(30)16(22)11(5)26/h9-14,16,26H,6-8,22H2,1-5H3,(H2,21,27)(H,23,28)(H,24,30)(H,25,29)(H,31,32). The van der Waals surface area contributed by atoms with Gasteiger partial charge in [0.15, 0.2) is 0 Å². The van der Waals surface area contributed by atoms with E-state index in [1.54, 1.807) is 13.8 Å². The fourth-order valence-corrected chi connectivity index (χ4v) is 2.84. The van der Waals surface area contributed by atoms with Crippen LogP contribution in [0.25, 0.3) is 0 Å². The third-order valence-corrected chi connectivity index (χ3v) is 4.52. The summed E-state index contributed by atoms with van der Waals surface area (Å²) in [5, 5.41) is 26.0. The van der Waals surface area contributed by atoms with E-state index in [1.165, 1.54) is 6.92 Å². The van der Waals surface area contributed by atoms with Gasteiger partial charge in [0.1, 0.15) is 24.2 Å². The second-order valence-electron chi connectivity index (χ2n) is 8.72. The lowest BCUT2D eigenvalue weighted by atomic mass is 9.99. The summed E-state index contributed by atoms with van der Waals surface area (Å²) in [6.45, 7) is 8.62. The molecule has 0 spiro atoms. The minimum Gasteiger partial charge on any atom is -0.480 e. The molecule has 0 saturated heterocycles. The first-order valence-electron chi connectivity index (χ1n) is 10.5. The van der Waals surface area contributed by atoms with Crippen LogP contribution in [0.3, 0.4) is 0 Å². The molecule has 12 nitrogen and oxygen atoms in total. The van der Waals surface area contributed by atoms with E-state index in [1.807, 2.05) is 13.8 Å². The normalized spacial score (nSPS) is 15.9. The molecule has 0 aromatic heterocycles. The number of amides is 4. The Balaban J connectivity index is 5.54. The summed E-state index contributed by atoms with van der Waals surface area (Å²) in [4.78, 5) is 60.2. The van der Waals surface area contributed by atoms with Crippen molar-refractivity contribution in [2.45, 2.75) is 84.2 Å². The zero-order chi connectivity index (χ0) is 25.2. The number of aliphatic hydroxyl groups excluding tert-OH is 1. The molecule has 0 aliphatic heterocycles. The van der Waals surface area contributed by atoms with E-state index in [4.69, 9.17) is 11.5 Å². The van der Waals surface area contributed by atoms with Gasteiger partial charge in [0, 0.05) is 0 Å². The predicted octanol–water partition coefficient (Wildman–Crippen LogP) is -1.80. The zero-order valence-corrected chi connectivity index (χ0v) is 19.3. The van der Waals surface area contributed by atoms with Crippen LogP contribution in [-0.4, -0.2) is 70.1 Å². The third kappa shape index (κ3) is 11.0. The van der Waals surface area contributed by atoms with Gasteiger partial charge in [0.2, 0.25) is 23.6 Å². The van der Waals surface area contributed by atoms with Crippen molar-refractivity contribution in [1.29, 1.82) is 0 Å². The van der Waals surface area contributed by atoms with Crippen molar-refractivity contribution < 1.29 is 34.2 Å². The maximum Gasteiger partial charge on any atom is 0.326 e. The number of primary amides is 1. The Morgan fingerprint density at radius 3 is 1.44 bits per heavy atom. The maximum absolute atomic E-state index is 12.9. The summed E-state index contributed by atoms with van der Waals surface area (Å²) in [5.74, 6) is -4.58. The highest BCUT2D eigenvalue weighted by molar-refractivity contribution is 5.94. The van der Waals surface area contributed by atoms with Crippen molar-refractivity contribution in [3.8, 4) is 0 Å². The van der Waals surface area contributed by atoms with Crippen LogP contribution in [0.1, 0.15) is 53.9 Å². The van der Waals surface area contributed by atoms with Crippen LogP contribution in [0.2, 0.25) is 0 Å². The summed E-state index contributed by atoms with van der Waals surface area (Å²) < 4.78 is 0. The Morgan fingerprint density at radius 1 is 0.750 bits per heavy atom. The quantitative estimate of drug-likeness (QED) is 0.157. The molecule has 0 aliphatic carbocycles. The van der Waals surface area contributed by atoms with Crippen molar-refractivity contribution in [3.63, 3.8) is 0 Å². The molecule has 0 rings (SSSR count). The molecular formula is C20H37N5O7. The van der Waals surface area contributed by atoms with Gasteiger partial charge in [-0.2, -0.15) is 0 Å².